The Balaban J connectivity index is 2.72. The van der Waals surface area contributed by atoms with Gasteiger partial charge in [0.2, 0.25) is 10.0 Å². The number of ketones is 1. The molecule has 0 bridgehead atoms. The van der Waals surface area contributed by atoms with Crippen LogP contribution in [0.3, 0.4) is 0 Å². The molecule has 4 nitrogen and oxygen atoms in total. The summed E-state index contributed by atoms with van der Waals surface area (Å²) in [6.07, 6.45) is 1.47. The summed E-state index contributed by atoms with van der Waals surface area (Å²) < 4.78 is 25.8. The van der Waals surface area contributed by atoms with Crippen molar-refractivity contribution in [2.75, 3.05) is 15.8 Å². The molecule has 0 atom stereocenters. The first-order chi connectivity index (χ1) is 8.48. The normalized spacial score (nSPS) is 11.2. The molecule has 1 aromatic rings. The van der Waals surface area contributed by atoms with Gasteiger partial charge < -0.3 is 0 Å². The third-order valence-corrected chi connectivity index (χ3v) is 4.25. The van der Waals surface area contributed by atoms with E-state index in [-0.39, 0.29) is 16.9 Å². The van der Waals surface area contributed by atoms with Crippen molar-refractivity contribution in [2.45, 2.75) is 19.8 Å². The molecule has 0 radical (unpaired) electrons. The van der Waals surface area contributed by atoms with Crippen LogP contribution in [0.1, 0.15) is 30.1 Å². The zero-order valence-electron chi connectivity index (χ0n) is 10.1. The molecule has 0 unspecified atom stereocenters. The molecule has 0 aliphatic heterocycles. The van der Waals surface area contributed by atoms with E-state index in [2.05, 4.69) is 20.7 Å². The second-order valence-corrected chi connectivity index (χ2v) is 6.31. The second-order valence-electron chi connectivity index (χ2n) is 3.91. The number of carbonyl (C=O) groups excluding carboxylic acids is 1. The minimum absolute atomic E-state index is 0.0320. The number of sulfonamides is 1. The number of carbonyl (C=O) groups is 1. The molecule has 1 aromatic carbocycles. The number of nitrogens with one attached hydrogen (secondary N) is 1. The Morgan fingerprint density at radius 1 is 1.28 bits per heavy atom. The molecule has 0 saturated heterocycles. The van der Waals surface area contributed by atoms with Crippen LogP contribution in [-0.4, -0.2) is 25.3 Å². The van der Waals surface area contributed by atoms with Crippen molar-refractivity contribution in [3.05, 3.63) is 29.8 Å². The van der Waals surface area contributed by atoms with Gasteiger partial charge >= 0.3 is 0 Å². The van der Waals surface area contributed by atoms with Crippen LogP contribution in [0.15, 0.2) is 24.3 Å². The number of benzene rings is 1. The summed E-state index contributed by atoms with van der Waals surface area (Å²) in [5.74, 6) is 0.0846. The van der Waals surface area contributed by atoms with Gasteiger partial charge in [-0.1, -0.05) is 29.3 Å². The highest BCUT2D eigenvalue weighted by molar-refractivity contribution is 9.09. The van der Waals surface area contributed by atoms with Gasteiger partial charge in [-0.3, -0.25) is 9.52 Å². The summed E-state index contributed by atoms with van der Waals surface area (Å²) in [5.41, 5.74) is 1.04. The predicted molar refractivity (Wildman–Crippen MR) is 76.9 cm³/mol. The molecule has 1 N–H and O–H groups in total. The molecule has 0 aliphatic rings. The van der Waals surface area contributed by atoms with Gasteiger partial charge in [0.1, 0.15) is 0 Å². The SMILES string of the molecule is CCCCS(=O)(=O)Nc1ccc(C(=O)CBr)cc1. The maximum atomic E-state index is 11.6. The molecule has 1 rings (SSSR count). The van der Waals surface area contributed by atoms with E-state index in [1.165, 1.54) is 0 Å². The highest BCUT2D eigenvalue weighted by atomic mass is 79.9. The first-order valence-electron chi connectivity index (χ1n) is 5.68. The van der Waals surface area contributed by atoms with Crippen LogP contribution in [-0.2, 0) is 10.0 Å². The molecule has 0 fully saturated rings. The average Bonchev–Trinajstić information content (AvgIpc) is 2.36. The van der Waals surface area contributed by atoms with Gasteiger partial charge in [-0.15, -0.1) is 0 Å². The Morgan fingerprint density at radius 3 is 2.39 bits per heavy atom. The van der Waals surface area contributed by atoms with Crippen molar-refractivity contribution in [1.29, 1.82) is 0 Å². The van der Waals surface area contributed by atoms with Crippen LogP contribution in [0.4, 0.5) is 5.69 Å². The number of alkyl halides is 1. The maximum Gasteiger partial charge on any atom is 0.232 e. The molecular formula is C12H16BrNO3S. The van der Waals surface area contributed by atoms with E-state index < -0.39 is 10.0 Å². The minimum Gasteiger partial charge on any atom is -0.293 e. The van der Waals surface area contributed by atoms with E-state index in [4.69, 9.17) is 0 Å². The molecular weight excluding hydrogens is 318 g/mol. The smallest absolute Gasteiger partial charge is 0.232 e. The van der Waals surface area contributed by atoms with Crippen molar-refractivity contribution in [3.63, 3.8) is 0 Å². The Hall–Kier alpha value is -0.880. The summed E-state index contributed by atoms with van der Waals surface area (Å²) in [4.78, 5) is 11.4. The Morgan fingerprint density at radius 2 is 1.89 bits per heavy atom. The van der Waals surface area contributed by atoms with E-state index >= 15 is 0 Å². The lowest BCUT2D eigenvalue weighted by molar-refractivity contribution is 0.102. The minimum atomic E-state index is -3.28. The second kappa shape index (κ2) is 6.89. The fraction of sp³-hybridized carbons (Fsp3) is 0.417. The monoisotopic (exact) mass is 333 g/mol. The lowest BCUT2D eigenvalue weighted by atomic mass is 10.1. The third kappa shape index (κ3) is 4.78. The fourth-order valence-corrected chi connectivity index (χ4v) is 2.96. The van der Waals surface area contributed by atoms with Crippen LogP contribution < -0.4 is 4.72 Å². The summed E-state index contributed by atoms with van der Waals surface area (Å²) in [6.45, 7) is 1.94. The molecule has 0 heterocycles. The van der Waals surface area contributed by atoms with Gasteiger partial charge in [0.05, 0.1) is 11.1 Å². The first kappa shape index (κ1) is 15.2. The van der Waals surface area contributed by atoms with Crippen LogP contribution in [0, 0.1) is 0 Å². The van der Waals surface area contributed by atoms with Crippen molar-refractivity contribution in [3.8, 4) is 0 Å². The Labute approximate surface area is 116 Å². The van der Waals surface area contributed by atoms with Gasteiger partial charge in [-0.05, 0) is 30.7 Å². The molecule has 0 amide bonds. The topological polar surface area (TPSA) is 63.2 Å². The molecule has 18 heavy (non-hydrogen) atoms. The number of halogens is 1. The van der Waals surface area contributed by atoms with Crippen molar-refractivity contribution in [1.82, 2.24) is 0 Å². The van der Waals surface area contributed by atoms with Crippen LogP contribution in [0.5, 0.6) is 0 Å². The van der Waals surface area contributed by atoms with E-state index in [1.807, 2.05) is 6.92 Å². The predicted octanol–water partition coefficient (Wildman–Crippen LogP) is 2.81. The summed E-state index contributed by atoms with van der Waals surface area (Å²) in [5, 5.41) is 0.259. The molecule has 0 saturated carbocycles. The molecule has 6 heteroatoms. The third-order valence-electron chi connectivity index (χ3n) is 2.37. The molecule has 100 valence electrons. The molecule has 0 aromatic heterocycles. The largest absolute Gasteiger partial charge is 0.293 e. The highest BCUT2D eigenvalue weighted by Gasteiger charge is 2.10. The van der Waals surface area contributed by atoms with Crippen LogP contribution >= 0.6 is 15.9 Å². The first-order valence-corrected chi connectivity index (χ1v) is 8.45. The molecule has 0 spiro atoms. The van der Waals surface area contributed by atoms with Gasteiger partial charge in [0.25, 0.3) is 0 Å². The van der Waals surface area contributed by atoms with Gasteiger partial charge in [-0.25, -0.2) is 8.42 Å². The summed E-state index contributed by atoms with van der Waals surface area (Å²) in [7, 11) is -3.28. The van der Waals surface area contributed by atoms with Gasteiger partial charge in [-0.2, -0.15) is 0 Å². The number of Topliss-reactive ketones (excluding diaryl/α,β-unsaturated/α-hetero) is 1. The van der Waals surface area contributed by atoms with Crippen molar-refractivity contribution >= 4 is 37.4 Å². The van der Waals surface area contributed by atoms with E-state index in [9.17, 15) is 13.2 Å². The van der Waals surface area contributed by atoms with Crippen molar-refractivity contribution in [2.24, 2.45) is 0 Å². The van der Waals surface area contributed by atoms with Crippen LogP contribution in [0.2, 0.25) is 0 Å². The van der Waals surface area contributed by atoms with Gasteiger partial charge in [0.15, 0.2) is 5.78 Å². The Kier molecular flexibility index (Phi) is 5.81. The van der Waals surface area contributed by atoms with E-state index in [0.717, 1.165) is 6.42 Å². The summed E-state index contributed by atoms with van der Waals surface area (Å²) >= 11 is 3.09. The molecule has 0 aliphatic carbocycles. The number of hydrogen-bond acceptors (Lipinski definition) is 3. The summed E-state index contributed by atoms with van der Waals surface area (Å²) in [6, 6.07) is 6.42. The Bertz CT molecular complexity index is 497. The zero-order chi connectivity index (χ0) is 13.6. The number of rotatable bonds is 7. The number of anilines is 1. The number of unbranched alkanes of at least 4 members (excludes halogenated alkanes) is 1. The van der Waals surface area contributed by atoms with E-state index in [1.54, 1.807) is 24.3 Å². The number of hydrogen-bond donors (Lipinski definition) is 1. The average molecular weight is 334 g/mol. The van der Waals surface area contributed by atoms with Gasteiger partial charge in [0, 0.05) is 11.3 Å². The lowest BCUT2D eigenvalue weighted by Gasteiger charge is -2.07. The quantitative estimate of drug-likeness (QED) is 0.616. The highest BCUT2D eigenvalue weighted by Crippen LogP contribution is 2.13. The maximum absolute atomic E-state index is 11.6. The van der Waals surface area contributed by atoms with Crippen molar-refractivity contribution < 1.29 is 13.2 Å². The standard InChI is InChI=1S/C12H16BrNO3S/c1-2-3-8-18(16,17)14-11-6-4-10(5-7-11)12(15)9-13/h4-7,14H,2-3,8-9H2,1H3. The zero-order valence-corrected chi connectivity index (χ0v) is 12.6. The van der Waals surface area contributed by atoms with Crippen LogP contribution in [0.25, 0.3) is 0 Å². The lowest BCUT2D eigenvalue weighted by Crippen LogP contribution is -2.16. The van der Waals surface area contributed by atoms with E-state index in [0.29, 0.717) is 17.7 Å². The fourth-order valence-electron chi connectivity index (χ4n) is 1.37.